The summed E-state index contributed by atoms with van der Waals surface area (Å²) in [5.74, 6) is 3.25. The van der Waals surface area contributed by atoms with Gasteiger partial charge in [-0.25, -0.2) is 15.0 Å². The zero-order chi connectivity index (χ0) is 22.6. The van der Waals surface area contributed by atoms with Crippen molar-refractivity contribution in [2.24, 2.45) is 0 Å². The van der Waals surface area contributed by atoms with E-state index in [1.165, 1.54) is 41.5 Å². The monoisotopic (exact) mass is 448 g/mol. The number of para-hydroxylation sites is 1. The Morgan fingerprint density at radius 2 is 1.85 bits per heavy atom. The number of benzene rings is 2. The van der Waals surface area contributed by atoms with Crippen LogP contribution in [-0.2, 0) is 19.5 Å². The van der Waals surface area contributed by atoms with Gasteiger partial charge in [-0.15, -0.1) is 0 Å². The predicted molar refractivity (Wildman–Crippen MR) is 134 cm³/mol. The van der Waals surface area contributed by atoms with E-state index in [1.54, 1.807) is 0 Å². The van der Waals surface area contributed by atoms with Crippen LogP contribution >= 0.6 is 0 Å². The molecule has 4 aromatic rings. The molecule has 7 rings (SSSR count). The van der Waals surface area contributed by atoms with Crippen molar-refractivity contribution in [2.45, 2.75) is 64.1 Å². The van der Waals surface area contributed by atoms with Gasteiger partial charge in [0.1, 0.15) is 11.6 Å². The van der Waals surface area contributed by atoms with E-state index in [2.05, 4.69) is 58.5 Å². The number of hydrogen-bond donors (Lipinski definition) is 1. The van der Waals surface area contributed by atoms with Crippen molar-refractivity contribution in [3.63, 3.8) is 0 Å². The zero-order valence-corrected chi connectivity index (χ0v) is 19.5. The van der Waals surface area contributed by atoms with Crippen LogP contribution in [-0.4, -0.2) is 19.9 Å². The summed E-state index contributed by atoms with van der Waals surface area (Å²) >= 11 is 0. The summed E-state index contributed by atoms with van der Waals surface area (Å²) in [6, 6.07) is 15.4. The molecule has 0 spiro atoms. The van der Waals surface area contributed by atoms with E-state index in [4.69, 9.17) is 15.0 Å². The van der Waals surface area contributed by atoms with Crippen LogP contribution < -0.4 is 10.2 Å². The molecule has 2 aliphatic carbocycles. The predicted octanol–water partition coefficient (Wildman–Crippen LogP) is 5.62. The van der Waals surface area contributed by atoms with E-state index in [1.807, 2.05) is 12.3 Å². The molecule has 170 valence electrons. The van der Waals surface area contributed by atoms with Crippen molar-refractivity contribution >= 4 is 22.7 Å². The maximum absolute atomic E-state index is 5.08. The second-order valence-electron chi connectivity index (χ2n) is 10.0. The molecule has 1 N–H and O–H groups in total. The third-order valence-electron chi connectivity index (χ3n) is 7.42. The largest absolute Gasteiger partial charge is 0.363 e. The van der Waals surface area contributed by atoms with Gasteiger partial charge in [-0.3, -0.25) is 0 Å². The number of nitrogens with one attached hydrogen (secondary N) is 1. The molecule has 1 unspecified atom stereocenters. The maximum Gasteiger partial charge on any atom is 0.228 e. The second kappa shape index (κ2) is 7.76. The van der Waals surface area contributed by atoms with Crippen molar-refractivity contribution < 1.29 is 0 Å². The fraction of sp³-hybridized carbons (Fsp3) is 0.357. The molecule has 1 aliphatic heterocycles. The average Bonchev–Trinajstić information content (AvgIpc) is 3.62. The molecule has 0 radical (unpaired) electrons. The number of hydrogen-bond acceptors (Lipinski definition) is 6. The molecule has 6 heteroatoms. The number of aryl methyl sites for hydroxylation is 2. The third kappa shape index (κ3) is 3.49. The van der Waals surface area contributed by atoms with Crippen LogP contribution in [0.15, 0.2) is 48.7 Å². The first-order valence-electron chi connectivity index (χ1n) is 12.4. The van der Waals surface area contributed by atoms with Crippen LogP contribution in [0, 0.1) is 6.92 Å². The molecular weight excluding hydrogens is 420 g/mol. The smallest absolute Gasteiger partial charge is 0.228 e. The molecule has 1 fully saturated rings. The van der Waals surface area contributed by atoms with Crippen molar-refractivity contribution in [2.75, 3.05) is 10.2 Å². The molecule has 0 saturated heterocycles. The normalized spacial score (nSPS) is 19.2. The van der Waals surface area contributed by atoms with E-state index < -0.39 is 0 Å². The Morgan fingerprint density at radius 3 is 2.76 bits per heavy atom. The fourth-order valence-corrected chi connectivity index (χ4v) is 5.40. The summed E-state index contributed by atoms with van der Waals surface area (Å²) in [5, 5.41) is 4.89. The van der Waals surface area contributed by atoms with Gasteiger partial charge in [-0.05, 0) is 62.3 Å². The summed E-state index contributed by atoms with van der Waals surface area (Å²) in [6.07, 6.45) is 7.90. The standard InChI is InChI=1S/C28H28N6/c1-17-9-10-18-5-4-8-24(22(18)13-17)30-27-21-6-2-3-7-23(21)32-28(33-27)34-15-20-14-29-26(19-11-12-19)31-25(20)16-34/h2-3,6-7,9-10,13-14,19,24H,4-5,8,11-12,15-16H2,1H3,(H,30,32,33). The zero-order valence-electron chi connectivity index (χ0n) is 19.5. The van der Waals surface area contributed by atoms with Crippen molar-refractivity contribution in [3.05, 3.63) is 82.4 Å². The highest BCUT2D eigenvalue weighted by Crippen LogP contribution is 2.39. The fourth-order valence-electron chi connectivity index (χ4n) is 5.40. The van der Waals surface area contributed by atoms with Crippen LogP contribution in [0.25, 0.3) is 10.9 Å². The lowest BCUT2D eigenvalue weighted by Gasteiger charge is -2.28. The molecule has 3 aliphatic rings. The number of anilines is 2. The number of fused-ring (bicyclic) bond motifs is 3. The average molecular weight is 449 g/mol. The molecule has 3 heterocycles. The molecule has 2 aromatic heterocycles. The summed E-state index contributed by atoms with van der Waals surface area (Å²) in [4.78, 5) is 21.8. The minimum absolute atomic E-state index is 0.262. The lowest BCUT2D eigenvalue weighted by atomic mass is 9.86. The lowest BCUT2D eigenvalue weighted by molar-refractivity contribution is 0.598. The molecular formula is C28H28N6. The summed E-state index contributed by atoms with van der Waals surface area (Å²) in [5.41, 5.74) is 7.45. The van der Waals surface area contributed by atoms with Gasteiger partial charge in [0.2, 0.25) is 5.95 Å². The Hall–Kier alpha value is -3.54. The summed E-state index contributed by atoms with van der Waals surface area (Å²) < 4.78 is 0. The first kappa shape index (κ1) is 19.9. The molecule has 0 amide bonds. The first-order chi connectivity index (χ1) is 16.7. The van der Waals surface area contributed by atoms with Crippen LogP contribution in [0.3, 0.4) is 0 Å². The second-order valence-corrected chi connectivity index (χ2v) is 10.0. The Labute approximate surface area is 199 Å². The lowest BCUT2D eigenvalue weighted by Crippen LogP contribution is -2.21. The van der Waals surface area contributed by atoms with Crippen molar-refractivity contribution in [3.8, 4) is 0 Å². The van der Waals surface area contributed by atoms with Crippen molar-refractivity contribution in [1.82, 2.24) is 19.9 Å². The SMILES string of the molecule is Cc1ccc2c(c1)C(Nc1nc(N3Cc4cnc(C5CC5)nc4C3)nc3ccccc13)CCC2. The highest BCUT2D eigenvalue weighted by molar-refractivity contribution is 5.90. The van der Waals surface area contributed by atoms with E-state index in [-0.39, 0.29) is 6.04 Å². The quantitative estimate of drug-likeness (QED) is 0.437. The molecule has 6 nitrogen and oxygen atoms in total. The topological polar surface area (TPSA) is 66.8 Å². The van der Waals surface area contributed by atoms with E-state index in [9.17, 15) is 0 Å². The minimum Gasteiger partial charge on any atom is -0.363 e. The van der Waals surface area contributed by atoms with E-state index >= 15 is 0 Å². The Kier molecular flexibility index (Phi) is 4.54. The van der Waals surface area contributed by atoms with Crippen LogP contribution in [0.1, 0.15) is 71.4 Å². The van der Waals surface area contributed by atoms with Gasteiger partial charge < -0.3 is 10.2 Å². The maximum atomic E-state index is 5.08. The third-order valence-corrected chi connectivity index (χ3v) is 7.42. The van der Waals surface area contributed by atoms with Gasteiger partial charge in [0.05, 0.1) is 23.8 Å². The number of aromatic nitrogens is 4. The van der Waals surface area contributed by atoms with Crippen LogP contribution in [0.4, 0.5) is 11.8 Å². The summed E-state index contributed by atoms with van der Waals surface area (Å²) in [7, 11) is 0. The highest BCUT2D eigenvalue weighted by Gasteiger charge is 2.30. The Morgan fingerprint density at radius 1 is 0.941 bits per heavy atom. The van der Waals surface area contributed by atoms with Gasteiger partial charge in [0.15, 0.2) is 0 Å². The molecule has 0 bridgehead atoms. The molecule has 1 saturated carbocycles. The van der Waals surface area contributed by atoms with Crippen LogP contribution in [0.2, 0.25) is 0 Å². The van der Waals surface area contributed by atoms with Crippen LogP contribution in [0.5, 0.6) is 0 Å². The first-order valence-corrected chi connectivity index (χ1v) is 12.4. The summed E-state index contributed by atoms with van der Waals surface area (Å²) in [6.45, 7) is 3.66. The van der Waals surface area contributed by atoms with Gasteiger partial charge in [-0.1, -0.05) is 35.9 Å². The highest BCUT2D eigenvalue weighted by atomic mass is 15.3. The molecule has 34 heavy (non-hydrogen) atoms. The van der Waals surface area contributed by atoms with E-state index in [0.29, 0.717) is 5.92 Å². The molecule has 2 aromatic carbocycles. The van der Waals surface area contributed by atoms with Gasteiger partial charge in [-0.2, -0.15) is 4.98 Å². The van der Waals surface area contributed by atoms with Gasteiger partial charge in [0, 0.05) is 29.6 Å². The number of rotatable bonds is 4. The van der Waals surface area contributed by atoms with Crippen molar-refractivity contribution in [1.29, 1.82) is 0 Å². The van der Waals surface area contributed by atoms with E-state index in [0.717, 1.165) is 60.1 Å². The molecule has 1 atom stereocenters. The Bertz CT molecular complexity index is 1410. The Balaban J connectivity index is 1.24. The van der Waals surface area contributed by atoms with Gasteiger partial charge in [0.25, 0.3) is 0 Å². The number of nitrogens with zero attached hydrogens (tertiary/aromatic N) is 5. The minimum atomic E-state index is 0.262. The van der Waals surface area contributed by atoms with Gasteiger partial charge >= 0.3 is 0 Å².